The summed E-state index contributed by atoms with van der Waals surface area (Å²) in [6.45, 7) is 11.2. The molecule has 1 aromatic rings. The van der Waals surface area contributed by atoms with Gasteiger partial charge in [-0.15, -0.1) is 0 Å². The molecule has 0 fully saturated rings. The number of hydrogen-bond acceptors (Lipinski definition) is 2. The summed E-state index contributed by atoms with van der Waals surface area (Å²) in [5.74, 6) is -1.17. The van der Waals surface area contributed by atoms with E-state index in [1.54, 1.807) is 0 Å². The Morgan fingerprint density at radius 3 is 2.40 bits per heavy atom. The number of rotatable bonds is 4. The largest absolute Gasteiger partial charge is 0.497 e. The summed E-state index contributed by atoms with van der Waals surface area (Å²) in [7, 11) is 1.37. The van der Waals surface area contributed by atoms with E-state index in [4.69, 9.17) is 16.3 Å². The van der Waals surface area contributed by atoms with Crippen LogP contribution in [-0.2, 0) is 15.7 Å². The molecular formula is C18H19ClF3NO2. The summed E-state index contributed by atoms with van der Waals surface area (Å²) >= 11 is 5.76. The Morgan fingerprint density at radius 2 is 1.92 bits per heavy atom. The summed E-state index contributed by atoms with van der Waals surface area (Å²) < 4.78 is 43.4. The van der Waals surface area contributed by atoms with E-state index in [0.717, 1.165) is 12.1 Å². The second-order valence-electron chi connectivity index (χ2n) is 4.90. The third-order valence-corrected chi connectivity index (χ3v) is 3.51. The van der Waals surface area contributed by atoms with Gasteiger partial charge in [-0.3, -0.25) is 4.79 Å². The fraction of sp³-hybridized carbons (Fsp3) is 0.278. The van der Waals surface area contributed by atoms with Crippen molar-refractivity contribution < 1.29 is 22.7 Å². The van der Waals surface area contributed by atoms with Gasteiger partial charge in [0, 0.05) is 16.3 Å². The molecule has 0 spiro atoms. The first-order valence-electron chi connectivity index (χ1n) is 7.46. The number of methoxy groups -OCH3 is 1. The molecule has 136 valence electrons. The monoisotopic (exact) mass is 373 g/mol. The lowest BCUT2D eigenvalue weighted by molar-refractivity contribution is -0.137. The molecule has 1 aliphatic rings. The van der Waals surface area contributed by atoms with Crippen molar-refractivity contribution in [3.8, 4) is 0 Å². The molecule has 1 N–H and O–H groups in total. The average Bonchev–Trinajstić information content (AvgIpc) is 2.87. The highest BCUT2D eigenvalue weighted by molar-refractivity contribution is 6.31. The molecular weight excluding hydrogens is 355 g/mol. The van der Waals surface area contributed by atoms with Gasteiger partial charge < -0.3 is 10.1 Å². The Bertz CT molecular complexity index is 724. The minimum atomic E-state index is -4.49. The van der Waals surface area contributed by atoms with Crippen LogP contribution in [0.15, 0.2) is 53.8 Å². The Kier molecular flexibility index (Phi) is 6.87. The Hall–Kier alpha value is -2.21. The van der Waals surface area contributed by atoms with Crippen molar-refractivity contribution in [2.75, 3.05) is 12.4 Å². The summed E-state index contributed by atoms with van der Waals surface area (Å²) in [5, 5.41) is 2.59. The second kappa shape index (κ2) is 8.25. The number of carbonyl (C=O) groups excluding carboxylic acids is 1. The van der Waals surface area contributed by atoms with Crippen molar-refractivity contribution >= 4 is 23.2 Å². The first kappa shape index (κ1) is 20.8. The molecule has 3 nitrogen and oxygen atoms in total. The fourth-order valence-electron chi connectivity index (χ4n) is 2.36. The van der Waals surface area contributed by atoms with Crippen LogP contribution < -0.4 is 5.32 Å². The van der Waals surface area contributed by atoms with E-state index < -0.39 is 23.6 Å². The summed E-state index contributed by atoms with van der Waals surface area (Å²) in [4.78, 5) is 12.2. The van der Waals surface area contributed by atoms with Crippen molar-refractivity contribution in [3.05, 3.63) is 64.9 Å². The van der Waals surface area contributed by atoms with Gasteiger partial charge in [-0.1, -0.05) is 44.7 Å². The van der Waals surface area contributed by atoms with E-state index in [2.05, 4.69) is 18.5 Å². The minimum Gasteiger partial charge on any atom is -0.497 e. The minimum absolute atomic E-state index is 0.102. The van der Waals surface area contributed by atoms with Crippen LogP contribution in [0.3, 0.4) is 0 Å². The van der Waals surface area contributed by atoms with Crippen LogP contribution in [0.4, 0.5) is 18.9 Å². The molecule has 0 saturated carbocycles. The molecule has 0 saturated heterocycles. The van der Waals surface area contributed by atoms with Gasteiger partial charge in [0.15, 0.2) is 0 Å². The summed E-state index contributed by atoms with van der Waals surface area (Å²) in [5.41, 5.74) is -0.00580. The van der Waals surface area contributed by atoms with Gasteiger partial charge in [0.2, 0.25) is 5.91 Å². The zero-order chi connectivity index (χ0) is 19.4. The third-order valence-electron chi connectivity index (χ3n) is 3.40. The van der Waals surface area contributed by atoms with Crippen LogP contribution >= 0.6 is 11.6 Å². The fourth-order valence-corrected chi connectivity index (χ4v) is 2.48. The molecule has 1 unspecified atom stereocenters. The van der Waals surface area contributed by atoms with Crippen LogP contribution in [0, 0.1) is 0 Å². The smallest absolute Gasteiger partial charge is 0.416 e. The van der Waals surface area contributed by atoms with E-state index in [9.17, 15) is 18.0 Å². The number of amides is 1. The molecule has 1 heterocycles. The quantitative estimate of drug-likeness (QED) is 0.550. The van der Waals surface area contributed by atoms with Gasteiger partial charge in [-0.25, -0.2) is 0 Å². The maximum Gasteiger partial charge on any atom is 0.416 e. The zero-order valence-electron chi connectivity index (χ0n) is 14.1. The molecule has 0 radical (unpaired) electrons. The number of anilines is 1. The van der Waals surface area contributed by atoms with Crippen molar-refractivity contribution in [1.29, 1.82) is 0 Å². The predicted octanol–water partition coefficient (Wildman–Crippen LogP) is 5.61. The molecule has 1 aromatic carbocycles. The molecule has 2 rings (SSSR count). The standard InChI is InChI=1S/C16H13ClF3NO2.C2H6/c1-8(17)6-12(9(2)23-3)14-11-5-4-10(16(18,19)20)7-13(11)21-15(14)22;1-2/h4-7,14H,1-2H2,3H3,(H,21,22);1-2H3/b12-6+;. The second-order valence-corrected chi connectivity index (χ2v) is 5.38. The normalized spacial score (nSPS) is 16.4. The lowest BCUT2D eigenvalue weighted by atomic mass is 9.90. The first-order valence-corrected chi connectivity index (χ1v) is 7.84. The van der Waals surface area contributed by atoms with Crippen LogP contribution in [-0.4, -0.2) is 13.0 Å². The summed E-state index contributed by atoms with van der Waals surface area (Å²) in [6.07, 6.45) is -3.08. The topological polar surface area (TPSA) is 38.3 Å². The van der Waals surface area contributed by atoms with Gasteiger partial charge in [0.1, 0.15) is 5.76 Å². The van der Waals surface area contributed by atoms with E-state index in [1.165, 1.54) is 19.3 Å². The molecule has 0 aromatic heterocycles. The van der Waals surface area contributed by atoms with Crippen molar-refractivity contribution in [2.45, 2.75) is 25.9 Å². The Morgan fingerprint density at radius 1 is 1.32 bits per heavy atom. The number of allylic oxidation sites excluding steroid dienone is 3. The number of ether oxygens (including phenoxy) is 1. The Balaban J connectivity index is 0.00000151. The number of alkyl halides is 3. The number of nitrogens with one attached hydrogen (secondary N) is 1. The number of halogens is 4. The zero-order valence-corrected chi connectivity index (χ0v) is 14.9. The number of carbonyl (C=O) groups is 1. The molecule has 1 amide bonds. The lowest BCUT2D eigenvalue weighted by Gasteiger charge is -2.16. The molecule has 0 aliphatic carbocycles. The first-order chi connectivity index (χ1) is 11.6. The molecule has 0 bridgehead atoms. The van der Waals surface area contributed by atoms with Crippen LogP contribution in [0.25, 0.3) is 0 Å². The van der Waals surface area contributed by atoms with E-state index in [0.29, 0.717) is 11.1 Å². The highest BCUT2D eigenvalue weighted by Gasteiger charge is 2.38. The summed E-state index contributed by atoms with van der Waals surface area (Å²) in [6, 6.07) is 3.08. The van der Waals surface area contributed by atoms with E-state index >= 15 is 0 Å². The number of benzene rings is 1. The maximum absolute atomic E-state index is 12.8. The van der Waals surface area contributed by atoms with Gasteiger partial charge in [0.05, 0.1) is 18.6 Å². The van der Waals surface area contributed by atoms with Crippen molar-refractivity contribution in [2.24, 2.45) is 0 Å². The van der Waals surface area contributed by atoms with Gasteiger partial charge in [-0.2, -0.15) is 13.2 Å². The lowest BCUT2D eigenvalue weighted by Crippen LogP contribution is -2.15. The third kappa shape index (κ3) is 4.66. The predicted molar refractivity (Wildman–Crippen MR) is 93.4 cm³/mol. The average molecular weight is 374 g/mol. The van der Waals surface area contributed by atoms with Crippen molar-refractivity contribution in [3.63, 3.8) is 0 Å². The molecule has 1 aliphatic heterocycles. The molecule has 7 heteroatoms. The Labute approximate surface area is 149 Å². The van der Waals surface area contributed by atoms with Crippen LogP contribution in [0.5, 0.6) is 0 Å². The molecule has 1 atom stereocenters. The highest BCUT2D eigenvalue weighted by atomic mass is 35.5. The van der Waals surface area contributed by atoms with Gasteiger partial charge in [-0.05, 0) is 23.8 Å². The van der Waals surface area contributed by atoms with Crippen LogP contribution in [0.1, 0.15) is 30.9 Å². The molecule has 25 heavy (non-hydrogen) atoms. The SMILES string of the molecule is C=C(Cl)/C=C(\C(=C)OC)C1C(=O)Nc2cc(C(F)(F)F)ccc21.CC. The van der Waals surface area contributed by atoms with E-state index in [-0.39, 0.29) is 16.5 Å². The van der Waals surface area contributed by atoms with Crippen LogP contribution in [0.2, 0.25) is 0 Å². The highest BCUT2D eigenvalue weighted by Crippen LogP contribution is 2.42. The van der Waals surface area contributed by atoms with Crippen molar-refractivity contribution in [1.82, 2.24) is 0 Å². The van der Waals surface area contributed by atoms with Gasteiger partial charge >= 0.3 is 6.18 Å². The maximum atomic E-state index is 12.8. The van der Waals surface area contributed by atoms with E-state index in [1.807, 2.05) is 13.8 Å². The number of fused-ring (bicyclic) bond motifs is 1. The number of hydrogen-bond donors (Lipinski definition) is 1. The van der Waals surface area contributed by atoms with Gasteiger partial charge in [0.25, 0.3) is 0 Å².